The van der Waals surface area contributed by atoms with Crippen molar-refractivity contribution >= 4 is 11.6 Å². The summed E-state index contributed by atoms with van der Waals surface area (Å²) in [6.07, 6.45) is 0.779. The van der Waals surface area contributed by atoms with Gasteiger partial charge in [-0.05, 0) is 30.2 Å². The van der Waals surface area contributed by atoms with Crippen molar-refractivity contribution in [3.8, 4) is 5.75 Å². The number of hydrogen-bond acceptors (Lipinski definition) is 2. The first-order valence-electron chi connectivity index (χ1n) is 6.05. The fourth-order valence-corrected chi connectivity index (χ4v) is 2.37. The van der Waals surface area contributed by atoms with Gasteiger partial charge >= 0.3 is 0 Å². The summed E-state index contributed by atoms with van der Waals surface area (Å²) in [4.78, 5) is 13.9. The van der Waals surface area contributed by atoms with Crippen LogP contribution in [0.25, 0.3) is 0 Å². The lowest BCUT2D eigenvalue weighted by atomic mass is 10.1. The Balaban J connectivity index is 1.98. The number of aromatic hydroxyl groups is 1. The van der Waals surface area contributed by atoms with Gasteiger partial charge in [0, 0.05) is 18.3 Å². The van der Waals surface area contributed by atoms with Crippen LogP contribution in [-0.2, 0) is 6.42 Å². The Morgan fingerprint density at radius 3 is 2.79 bits per heavy atom. The zero-order valence-electron chi connectivity index (χ0n) is 10.1. The van der Waals surface area contributed by atoms with Gasteiger partial charge in [-0.2, -0.15) is 0 Å². The summed E-state index contributed by atoms with van der Waals surface area (Å²) in [5, 5.41) is 9.18. The molecule has 1 amide bonds. The molecule has 96 valence electrons. The maximum absolute atomic E-state index is 13.7. The number of fused-ring (bicyclic) bond motifs is 1. The number of nitrogens with zero attached hydrogens (tertiary/aromatic N) is 1. The van der Waals surface area contributed by atoms with E-state index in [0.717, 1.165) is 23.7 Å². The summed E-state index contributed by atoms with van der Waals surface area (Å²) in [6.45, 7) is 0.554. The predicted molar refractivity (Wildman–Crippen MR) is 69.9 cm³/mol. The average molecular weight is 257 g/mol. The molecule has 0 fully saturated rings. The number of benzene rings is 2. The van der Waals surface area contributed by atoms with Crippen molar-refractivity contribution in [2.24, 2.45) is 0 Å². The first-order chi connectivity index (χ1) is 9.16. The second kappa shape index (κ2) is 4.39. The van der Waals surface area contributed by atoms with E-state index < -0.39 is 5.82 Å². The average Bonchev–Trinajstić information content (AvgIpc) is 2.82. The van der Waals surface area contributed by atoms with Crippen LogP contribution in [0.3, 0.4) is 0 Å². The topological polar surface area (TPSA) is 40.5 Å². The van der Waals surface area contributed by atoms with Crippen LogP contribution in [0.4, 0.5) is 10.1 Å². The zero-order chi connectivity index (χ0) is 13.4. The minimum Gasteiger partial charge on any atom is -0.508 e. The molecule has 0 saturated carbocycles. The highest BCUT2D eigenvalue weighted by Crippen LogP contribution is 2.29. The summed E-state index contributed by atoms with van der Waals surface area (Å²) in [5.74, 6) is -1.26. The maximum Gasteiger partial charge on any atom is 0.261 e. The SMILES string of the molecule is O=C(c1ccc(O)cc1F)N1CCc2ccccc21. The van der Waals surface area contributed by atoms with Crippen molar-refractivity contribution in [3.63, 3.8) is 0 Å². The normalized spacial score (nSPS) is 13.4. The molecule has 0 spiro atoms. The molecule has 3 rings (SSSR count). The Hall–Kier alpha value is -2.36. The first-order valence-corrected chi connectivity index (χ1v) is 6.05. The molecule has 19 heavy (non-hydrogen) atoms. The first kappa shape index (κ1) is 11.7. The quantitative estimate of drug-likeness (QED) is 0.853. The second-order valence-corrected chi connectivity index (χ2v) is 4.50. The van der Waals surface area contributed by atoms with Crippen LogP contribution < -0.4 is 4.90 Å². The highest BCUT2D eigenvalue weighted by atomic mass is 19.1. The summed E-state index contributed by atoms with van der Waals surface area (Å²) in [7, 11) is 0. The standard InChI is InChI=1S/C15H12FNO2/c16-13-9-11(18)5-6-12(13)15(19)17-8-7-10-3-1-2-4-14(10)17/h1-6,9,18H,7-8H2. The van der Waals surface area contributed by atoms with Crippen molar-refractivity contribution in [3.05, 3.63) is 59.4 Å². The number of carbonyl (C=O) groups excluding carboxylic acids is 1. The molecular weight excluding hydrogens is 245 g/mol. The lowest BCUT2D eigenvalue weighted by Crippen LogP contribution is -2.29. The van der Waals surface area contributed by atoms with E-state index in [1.54, 1.807) is 4.90 Å². The van der Waals surface area contributed by atoms with Crippen LogP contribution in [0.5, 0.6) is 5.75 Å². The summed E-state index contributed by atoms with van der Waals surface area (Å²) in [6, 6.07) is 11.2. The number of phenolic OH excluding ortho intramolecular Hbond substituents is 1. The smallest absolute Gasteiger partial charge is 0.261 e. The molecule has 0 radical (unpaired) electrons. The molecule has 1 aliphatic heterocycles. The monoisotopic (exact) mass is 257 g/mol. The highest BCUT2D eigenvalue weighted by molar-refractivity contribution is 6.07. The Morgan fingerprint density at radius 2 is 2.00 bits per heavy atom. The number of phenols is 1. The molecular formula is C15H12FNO2. The van der Waals surface area contributed by atoms with Gasteiger partial charge < -0.3 is 10.0 Å². The molecule has 3 nitrogen and oxygen atoms in total. The van der Waals surface area contributed by atoms with Gasteiger partial charge in [0.25, 0.3) is 5.91 Å². The Morgan fingerprint density at radius 1 is 1.21 bits per heavy atom. The van der Waals surface area contributed by atoms with Crippen LogP contribution in [-0.4, -0.2) is 17.6 Å². The lowest BCUT2D eigenvalue weighted by molar-refractivity contribution is 0.0985. The van der Waals surface area contributed by atoms with Gasteiger partial charge in [-0.15, -0.1) is 0 Å². The molecule has 0 bridgehead atoms. The van der Waals surface area contributed by atoms with Gasteiger partial charge in [0.1, 0.15) is 11.6 Å². The summed E-state index contributed by atoms with van der Waals surface area (Å²) < 4.78 is 13.7. The summed E-state index contributed by atoms with van der Waals surface area (Å²) in [5.41, 5.74) is 1.91. The van der Waals surface area contributed by atoms with Crippen LogP contribution in [0.2, 0.25) is 0 Å². The Kier molecular flexibility index (Phi) is 2.71. The number of amides is 1. The van der Waals surface area contributed by atoms with Gasteiger partial charge in [-0.1, -0.05) is 18.2 Å². The van der Waals surface area contributed by atoms with Crippen LogP contribution >= 0.6 is 0 Å². The zero-order valence-corrected chi connectivity index (χ0v) is 10.1. The molecule has 0 aliphatic carbocycles. The minimum atomic E-state index is -0.700. The maximum atomic E-state index is 13.7. The number of para-hydroxylation sites is 1. The molecule has 1 aliphatic rings. The van der Waals surface area contributed by atoms with Gasteiger partial charge in [0.2, 0.25) is 0 Å². The van der Waals surface area contributed by atoms with Gasteiger partial charge in [0.05, 0.1) is 5.56 Å². The van der Waals surface area contributed by atoms with Crippen LogP contribution in [0, 0.1) is 5.82 Å². The fraction of sp³-hybridized carbons (Fsp3) is 0.133. The third-order valence-electron chi connectivity index (χ3n) is 3.32. The van der Waals surface area contributed by atoms with Crippen molar-refractivity contribution < 1.29 is 14.3 Å². The highest BCUT2D eigenvalue weighted by Gasteiger charge is 2.26. The molecule has 2 aromatic carbocycles. The van der Waals surface area contributed by atoms with Crippen molar-refractivity contribution in [1.82, 2.24) is 0 Å². The number of rotatable bonds is 1. The molecule has 0 saturated heterocycles. The lowest BCUT2D eigenvalue weighted by Gasteiger charge is -2.17. The van der Waals surface area contributed by atoms with Gasteiger partial charge in [0.15, 0.2) is 0 Å². The number of halogens is 1. The molecule has 2 aromatic rings. The predicted octanol–water partition coefficient (Wildman–Crippen LogP) is 2.73. The van der Waals surface area contributed by atoms with Crippen molar-refractivity contribution in [2.75, 3.05) is 11.4 Å². The van der Waals surface area contributed by atoms with E-state index >= 15 is 0 Å². The largest absolute Gasteiger partial charge is 0.508 e. The van der Waals surface area contributed by atoms with Crippen molar-refractivity contribution in [1.29, 1.82) is 0 Å². The molecule has 0 atom stereocenters. The Bertz CT molecular complexity index is 654. The Labute approximate surface area is 109 Å². The molecule has 4 heteroatoms. The molecule has 0 aromatic heterocycles. The van der Waals surface area contributed by atoms with Crippen molar-refractivity contribution in [2.45, 2.75) is 6.42 Å². The van der Waals surface area contributed by atoms with E-state index in [-0.39, 0.29) is 17.2 Å². The number of hydrogen-bond donors (Lipinski definition) is 1. The number of carbonyl (C=O) groups is 1. The second-order valence-electron chi connectivity index (χ2n) is 4.50. The molecule has 1 N–H and O–H groups in total. The number of anilines is 1. The van der Waals surface area contributed by atoms with E-state index in [1.807, 2.05) is 24.3 Å². The van der Waals surface area contributed by atoms with Crippen LogP contribution in [0.1, 0.15) is 15.9 Å². The molecule has 1 heterocycles. The van der Waals surface area contributed by atoms with E-state index in [2.05, 4.69) is 0 Å². The third-order valence-corrected chi connectivity index (χ3v) is 3.32. The summed E-state index contributed by atoms with van der Waals surface area (Å²) >= 11 is 0. The minimum absolute atomic E-state index is 0.0190. The van der Waals surface area contributed by atoms with E-state index in [9.17, 15) is 14.3 Å². The van der Waals surface area contributed by atoms with E-state index in [4.69, 9.17) is 0 Å². The fourth-order valence-electron chi connectivity index (χ4n) is 2.37. The third kappa shape index (κ3) is 1.95. The molecule has 0 unspecified atom stereocenters. The van der Waals surface area contributed by atoms with Gasteiger partial charge in [-0.3, -0.25) is 4.79 Å². The van der Waals surface area contributed by atoms with E-state index in [0.29, 0.717) is 6.54 Å². The van der Waals surface area contributed by atoms with Gasteiger partial charge in [-0.25, -0.2) is 4.39 Å². The van der Waals surface area contributed by atoms with E-state index in [1.165, 1.54) is 12.1 Å². The van der Waals surface area contributed by atoms with Crippen LogP contribution in [0.15, 0.2) is 42.5 Å².